The molecule has 2 saturated heterocycles. The van der Waals surface area contributed by atoms with E-state index in [1.807, 2.05) is 0 Å². The summed E-state index contributed by atoms with van der Waals surface area (Å²) in [6.45, 7) is 9.58. The Morgan fingerprint density at radius 3 is 2.10 bits per heavy atom. The van der Waals surface area contributed by atoms with Crippen LogP contribution in [0.3, 0.4) is 0 Å². The minimum atomic E-state index is -1.50. The number of carbonyl (C=O) groups excluding carboxylic acids is 4. The number of amides is 1. The lowest BCUT2D eigenvalue weighted by Crippen LogP contribution is -2.56. The summed E-state index contributed by atoms with van der Waals surface area (Å²) < 4.78 is 33.4. The van der Waals surface area contributed by atoms with Gasteiger partial charge in [0.05, 0.1) is 6.61 Å². The molecule has 0 N–H and O–H groups in total. The average Bonchev–Trinajstić information content (AvgIpc) is 3.02. The van der Waals surface area contributed by atoms with Gasteiger partial charge in [-0.2, -0.15) is 0 Å². The Kier molecular flexibility index (Phi) is 8.78. The van der Waals surface area contributed by atoms with Crippen molar-refractivity contribution in [2.45, 2.75) is 84.5 Å². The number of hydrogen-bond acceptors (Lipinski definition) is 10. The summed E-state index contributed by atoms with van der Waals surface area (Å²) >= 11 is 0. The van der Waals surface area contributed by atoms with Crippen LogP contribution in [0.1, 0.15) is 41.5 Å². The van der Waals surface area contributed by atoms with Gasteiger partial charge in [0.2, 0.25) is 6.10 Å². The van der Waals surface area contributed by atoms with Gasteiger partial charge in [-0.3, -0.25) is 19.2 Å². The van der Waals surface area contributed by atoms with Crippen LogP contribution in [0.25, 0.3) is 0 Å². The highest BCUT2D eigenvalue weighted by atomic mass is 16.7. The van der Waals surface area contributed by atoms with Crippen molar-refractivity contribution >= 4 is 23.8 Å². The second kappa shape index (κ2) is 10.9. The van der Waals surface area contributed by atoms with Crippen molar-refractivity contribution in [3.63, 3.8) is 0 Å². The molecule has 2 rings (SSSR count). The molecule has 0 aliphatic carbocycles. The number of likely N-dealkylation sites (N-methyl/N-ethyl adjacent to an activating group) is 1. The predicted octanol–water partition coefficient (Wildman–Crippen LogP) is 0.179. The molecule has 0 aromatic rings. The summed E-state index contributed by atoms with van der Waals surface area (Å²) in [5.74, 6) is -2.63. The van der Waals surface area contributed by atoms with Crippen LogP contribution in [0.2, 0.25) is 0 Å². The Bertz CT molecular complexity index is 679. The molecule has 0 aromatic carbocycles. The molecule has 31 heavy (non-hydrogen) atoms. The van der Waals surface area contributed by atoms with Gasteiger partial charge >= 0.3 is 17.9 Å². The van der Waals surface area contributed by atoms with Gasteiger partial charge in [0.15, 0.2) is 18.5 Å². The minimum absolute atomic E-state index is 0.148. The zero-order valence-corrected chi connectivity index (χ0v) is 18.7. The number of rotatable bonds is 8. The van der Waals surface area contributed by atoms with Gasteiger partial charge in [0.1, 0.15) is 18.3 Å². The van der Waals surface area contributed by atoms with E-state index in [1.165, 1.54) is 11.8 Å². The highest BCUT2D eigenvalue weighted by Crippen LogP contribution is 2.35. The van der Waals surface area contributed by atoms with E-state index in [4.69, 9.17) is 28.4 Å². The normalized spacial score (nSPS) is 29.3. The fraction of sp³-hybridized carbons (Fsp3) is 0.800. The van der Waals surface area contributed by atoms with Crippen LogP contribution in [-0.4, -0.2) is 91.3 Å². The largest absolute Gasteiger partial charge is 0.457 e. The predicted molar refractivity (Wildman–Crippen MR) is 104 cm³/mol. The number of nitrogens with zero attached hydrogens (tertiary/aromatic N) is 1. The molecule has 1 amide bonds. The molecule has 7 atom stereocenters. The first-order valence-corrected chi connectivity index (χ1v) is 10.3. The standard InChI is InChI=1S/C20H31NO10/c1-7-21(8-2)20(25)19(29-12(5)24)18(28-11(4)23)17-16(27-10(3)22)15-14(31-17)9-26-13(6)30-15/h13-19H,7-9H2,1-6H3/t13-,14-,15-,16+,17-,18-,19-/m1/s1. The van der Waals surface area contributed by atoms with E-state index < -0.39 is 66.7 Å². The van der Waals surface area contributed by atoms with Crippen molar-refractivity contribution in [2.24, 2.45) is 0 Å². The van der Waals surface area contributed by atoms with Gasteiger partial charge in [0.25, 0.3) is 5.91 Å². The molecule has 0 unspecified atom stereocenters. The molecule has 11 nitrogen and oxygen atoms in total. The van der Waals surface area contributed by atoms with Crippen molar-refractivity contribution < 1.29 is 47.6 Å². The second-order valence-electron chi connectivity index (χ2n) is 7.33. The highest BCUT2D eigenvalue weighted by Gasteiger charge is 2.57. The molecule has 2 aliphatic rings. The monoisotopic (exact) mass is 445 g/mol. The van der Waals surface area contributed by atoms with Crippen LogP contribution in [0, 0.1) is 0 Å². The fourth-order valence-electron chi connectivity index (χ4n) is 3.78. The molecule has 2 aliphatic heterocycles. The summed E-state index contributed by atoms with van der Waals surface area (Å²) in [7, 11) is 0. The molecule has 11 heteroatoms. The lowest BCUT2D eigenvalue weighted by molar-refractivity contribution is -0.241. The van der Waals surface area contributed by atoms with Crippen molar-refractivity contribution in [1.29, 1.82) is 0 Å². The molecule has 176 valence electrons. The molecule has 0 spiro atoms. The van der Waals surface area contributed by atoms with Crippen molar-refractivity contribution in [3.8, 4) is 0 Å². The van der Waals surface area contributed by atoms with Crippen LogP contribution in [0.5, 0.6) is 0 Å². The van der Waals surface area contributed by atoms with Crippen LogP contribution < -0.4 is 0 Å². The zero-order valence-electron chi connectivity index (χ0n) is 18.7. The van der Waals surface area contributed by atoms with Gasteiger partial charge in [-0.05, 0) is 20.8 Å². The Balaban J connectivity index is 2.46. The van der Waals surface area contributed by atoms with Crippen molar-refractivity contribution in [1.82, 2.24) is 4.90 Å². The SMILES string of the molecule is CCN(CC)C(=O)[C@H](OC(C)=O)[C@H](OC(C)=O)[C@@H]1O[C@@H]2CO[C@@H](C)O[C@H]2[C@@H]1OC(C)=O. The van der Waals surface area contributed by atoms with E-state index in [1.54, 1.807) is 20.8 Å². The maximum Gasteiger partial charge on any atom is 0.303 e. The third-order valence-corrected chi connectivity index (χ3v) is 5.03. The number of esters is 3. The second-order valence-corrected chi connectivity index (χ2v) is 7.33. The highest BCUT2D eigenvalue weighted by molar-refractivity contribution is 5.84. The van der Waals surface area contributed by atoms with E-state index in [2.05, 4.69) is 0 Å². The van der Waals surface area contributed by atoms with Crippen LogP contribution in [0.4, 0.5) is 0 Å². The summed E-state index contributed by atoms with van der Waals surface area (Å²) in [5, 5.41) is 0. The molecule has 0 radical (unpaired) electrons. The van der Waals surface area contributed by atoms with E-state index in [0.29, 0.717) is 13.1 Å². The Labute approximate surface area is 181 Å². The van der Waals surface area contributed by atoms with Crippen LogP contribution in [-0.2, 0) is 47.6 Å². The lowest BCUT2D eigenvalue weighted by atomic mass is 9.98. The zero-order chi connectivity index (χ0) is 23.3. The third kappa shape index (κ3) is 6.14. The van der Waals surface area contributed by atoms with Gasteiger partial charge in [0, 0.05) is 33.9 Å². The van der Waals surface area contributed by atoms with Gasteiger partial charge in [-0.1, -0.05) is 0 Å². The molecule has 2 fully saturated rings. The molecule has 2 heterocycles. The van der Waals surface area contributed by atoms with Gasteiger partial charge < -0.3 is 33.3 Å². The first-order valence-electron chi connectivity index (χ1n) is 10.3. The number of carbonyl (C=O) groups is 4. The average molecular weight is 445 g/mol. The van der Waals surface area contributed by atoms with E-state index in [0.717, 1.165) is 13.8 Å². The summed E-state index contributed by atoms with van der Waals surface area (Å²) in [5.41, 5.74) is 0. The van der Waals surface area contributed by atoms with Crippen LogP contribution >= 0.6 is 0 Å². The van der Waals surface area contributed by atoms with E-state index in [9.17, 15) is 19.2 Å². The quantitative estimate of drug-likeness (QED) is 0.377. The third-order valence-electron chi connectivity index (χ3n) is 5.03. The number of hydrogen-bond donors (Lipinski definition) is 0. The Morgan fingerprint density at radius 1 is 0.968 bits per heavy atom. The Hall–Kier alpha value is -2.24. The number of fused-ring (bicyclic) bond motifs is 1. The maximum absolute atomic E-state index is 13.2. The lowest BCUT2D eigenvalue weighted by Gasteiger charge is -2.34. The molecular weight excluding hydrogens is 414 g/mol. The molecule has 0 bridgehead atoms. The first kappa shape index (κ1) is 25.0. The molecular formula is C20H31NO10. The summed E-state index contributed by atoms with van der Waals surface area (Å²) in [6.07, 6.45) is -6.93. The summed E-state index contributed by atoms with van der Waals surface area (Å²) in [6, 6.07) is 0. The van der Waals surface area contributed by atoms with Crippen molar-refractivity contribution in [2.75, 3.05) is 19.7 Å². The van der Waals surface area contributed by atoms with Crippen LogP contribution in [0.15, 0.2) is 0 Å². The van der Waals surface area contributed by atoms with Gasteiger partial charge in [-0.25, -0.2) is 0 Å². The maximum atomic E-state index is 13.2. The van der Waals surface area contributed by atoms with E-state index in [-0.39, 0.29) is 6.61 Å². The first-order chi connectivity index (χ1) is 14.6. The Morgan fingerprint density at radius 2 is 1.58 bits per heavy atom. The molecule has 0 aromatic heterocycles. The number of ether oxygens (including phenoxy) is 6. The minimum Gasteiger partial charge on any atom is -0.457 e. The smallest absolute Gasteiger partial charge is 0.303 e. The summed E-state index contributed by atoms with van der Waals surface area (Å²) in [4.78, 5) is 50.1. The molecule has 0 saturated carbocycles. The van der Waals surface area contributed by atoms with E-state index >= 15 is 0 Å². The topological polar surface area (TPSA) is 127 Å². The van der Waals surface area contributed by atoms with Gasteiger partial charge in [-0.15, -0.1) is 0 Å². The van der Waals surface area contributed by atoms with Crippen molar-refractivity contribution in [3.05, 3.63) is 0 Å². The fourth-order valence-corrected chi connectivity index (χ4v) is 3.78.